The molecule has 1 N–H and O–H groups in total. The lowest BCUT2D eigenvalue weighted by Gasteiger charge is -2.25. The summed E-state index contributed by atoms with van der Waals surface area (Å²) in [5, 5.41) is 5.40. The predicted molar refractivity (Wildman–Crippen MR) is 105 cm³/mol. The summed E-state index contributed by atoms with van der Waals surface area (Å²) in [7, 11) is -3.26. The molecule has 2 aromatic heterocycles. The normalized spacial score (nSPS) is 26.6. The van der Waals surface area contributed by atoms with Gasteiger partial charge in [0.2, 0.25) is 5.91 Å². The van der Waals surface area contributed by atoms with Crippen LogP contribution in [0.2, 0.25) is 0 Å². The van der Waals surface area contributed by atoms with Crippen molar-refractivity contribution in [2.45, 2.75) is 48.1 Å². The van der Waals surface area contributed by atoms with Gasteiger partial charge in [-0.25, -0.2) is 13.4 Å². The van der Waals surface area contributed by atoms with Crippen LogP contribution in [0, 0.1) is 11.8 Å². The Hall–Kier alpha value is -1.25. The van der Waals surface area contributed by atoms with Crippen molar-refractivity contribution in [3.63, 3.8) is 0 Å². The van der Waals surface area contributed by atoms with Crippen molar-refractivity contribution in [3.05, 3.63) is 28.6 Å². The Balaban J connectivity index is 1.66. The average Bonchev–Trinajstić information content (AvgIpc) is 2.98. The second kappa shape index (κ2) is 6.73. The summed E-state index contributed by atoms with van der Waals surface area (Å²) in [6.07, 6.45) is 9.76. The Morgan fingerprint density at radius 2 is 2.04 bits per heavy atom. The van der Waals surface area contributed by atoms with Gasteiger partial charge in [0.15, 0.2) is 15.0 Å². The van der Waals surface area contributed by atoms with Crippen LogP contribution in [-0.2, 0) is 20.0 Å². The van der Waals surface area contributed by atoms with E-state index in [1.165, 1.54) is 61.0 Å². The van der Waals surface area contributed by atoms with Gasteiger partial charge in [-0.05, 0) is 30.4 Å². The highest BCUT2D eigenvalue weighted by Gasteiger charge is 2.64. The third kappa shape index (κ3) is 3.23. The van der Waals surface area contributed by atoms with Crippen molar-refractivity contribution in [1.29, 1.82) is 0 Å². The molecule has 2 aliphatic carbocycles. The quantitative estimate of drug-likeness (QED) is 0.806. The summed E-state index contributed by atoms with van der Waals surface area (Å²) in [4.78, 5) is 18.3. The maximum atomic E-state index is 13.2. The van der Waals surface area contributed by atoms with Gasteiger partial charge in [0.1, 0.15) is 4.21 Å². The zero-order valence-corrected chi connectivity index (χ0v) is 17.1. The molecule has 5 nitrogen and oxygen atoms in total. The molecule has 0 aliphatic heterocycles. The lowest BCUT2D eigenvalue weighted by molar-refractivity contribution is -0.119. The van der Waals surface area contributed by atoms with Crippen LogP contribution in [0.15, 0.2) is 27.9 Å². The SMILES string of the molecule is CS(=O)(=O)c1ccc([C@@]2(C(=O)Nc3nccs3)C[C@H]2C2CCCCC2)s1. The number of carbonyl (C=O) groups excluding carboxylic acids is 1. The summed E-state index contributed by atoms with van der Waals surface area (Å²) >= 11 is 2.65. The number of nitrogens with zero attached hydrogens (tertiary/aromatic N) is 1. The second-order valence-corrected chi connectivity index (χ2v) is 11.6. The van der Waals surface area contributed by atoms with Crippen LogP contribution < -0.4 is 5.32 Å². The number of sulfone groups is 1. The first-order valence-corrected chi connectivity index (χ1v) is 12.5. The van der Waals surface area contributed by atoms with E-state index in [0.29, 0.717) is 21.2 Å². The van der Waals surface area contributed by atoms with Crippen molar-refractivity contribution in [3.8, 4) is 0 Å². The van der Waals surface area contributed by atoms with Gasteiger partial charge in [-0.15, -0.1) is 22.7 Å². The summed E-state index contributed by atoms with van der Waals surface area (Å²) in [5.41, 5.74) is -0.596. The fourth-order valence-electron chi connectivity index (χ4n) is 4.30. The summed E-state index contributed by atoms with van der Waals surface area (Å²) in [5.74, 6) is 0.813. The molecule has 0 radical (unpaired) electrons. The number of hydrogen-bond acceptors (Lipinski definition) is 6. The van der Waals surface area contributed by atoms with Crippen LogP contribution in [0.3, 0.4) is 0 Å². The molecule has 0 spiro atoms. The molecule has 4 rings (SSSR count). The molecule has 2 saturated carbocycles. The maximum Gasteiger partial charge on any atom is 0.237 e. The fraction of sp³-hybridized carbons (Fsp3) is 0.556. The molecule has 0 saturated heterocycles. The van der Waals surface area contributed by atoms with Gasteiger partial charge in [-0.2, -0.15) is 0 Å². The predicted octanol–water partition coefficient (Wildman–Crippen LogP) is 4.08. The summed E-state index contributed by atoms with van der Waals surface area (Å²) < 4.78 is 24.1. The number of hydrogen-bond donors (Lipinski definition) is 1. The molecule has 1 amide bonds. The van der Waals surface area contributed by atoms with Gasteiger partial charge in [0.25, 0.3) is 0 Å². The van der Waals surface area contributed by atoms with Crippen LogP contribution in [0.1, 0.15) is 43.4 Å². The average molecular weight is 411 g/mol. The molecule has 2 heterocycles. The molecular formula is C18H22N2O3S3. The molecule has 0 unspecified atom stereocenters. The van der Waals surface area contributed by atoms with Crippen molar-refractivity contribution in [1.82, 2.24) is 4.98 Å². The molecule has 2 atom stereocenters. The molecule has 0 aromatic carbocycles. The Labute approximate surface area is 161 Å². The largest absolute Gasteiger partial charge is 0.301 e. The number of nitrogens with one attached hydrogen (secondary N) is 1. The third-order valence-electron chi connectivity index (χ3n) is 5.68. The van der Waals surface area contributed by atoms with Crippen molar-refractivity contribution < 1.29 is 13.2 Å². The van der Waals surface area contributed by atoms with E-state index in [0.717, 1.165) is 11.3 Å². The zero-order chi connectivity index (χ0) is 18.4. The van der Waals surface area contributed by atoms with Crippen LogP contribution >= 0.6 is 22.7 Å². The highest BCUT2D eigenvalue weighted by Crippen LogP contribution is 2.62. The number of thiazole rings is 1. The first kappa shape index (κ1) is 18.1. The minimum Gasteiger partial charge on any atom is -0.301 e. The van der Waals surface area contributed by atoms with E-state index in [4.69, 9.17) is 0 Å². The molecule has 26 heavy (non-hydrogen) atoms. The molecular weight excluding hydrogens is 388 g/mol. The first-order valence-electron chi connectivity index (χ1n) is 8.92. The first-order chi connectivity index (χ1) is 12.4. The van der Waals surface area contributed by atoms with Gasteiger partial charge in [-0.3, -0.25) is 4.79 Å². The lowest BCUT2D eigenvalue weighted by atomic mass is 9.82. The summed E-state index contributed by atoms with van der Waals surface area (Å²) in [6.45, 7) is 0. The van der Waals surface area contributed by atoms with Gasteiger partial charge >= 0.3 is 0 Å². The van der Waals surface area contributed by atoms with E-state index in [9.17, 15) is 13.2 Å². The molecule has 0 bridgehead atoms. The minimum atomic E-state index is -3.26. The number of amides is 1. The van der Waals surface area contributed by atoms with E-state index in [1.54, 1.807) is 12.3 Å². The van der Waals surface area contributed by atoms with Gasteiger partial charge in [-0.1, -0.05) is 32.1 Å². The molecule has 2 fully saturated rings. The highest BCUT2D eigenvalue weighted by molar-refractivity contribution is 7.92. The van der Waals surface area contributed by atoms with E-state index in [1.807, 2.05) is 11.4 Å². The Morgan fingerprint density at radius 3 is 2.65 bits per heavy atom. The molecule has 2 aromatic rings. The van der Waals surface area contributed by atoms with E-state index in [-0.39, 0.29) is 5.91 Å². The Bertz CT molecular complexity index is 898. The molecule has 2 aliphatic rings. The Morgan fingerprint density at radius 1 is 1.27 bits per heavy atom. The summed E-state index contributed by atoms with van der Waals surface area (Å²) in [6, 6.07) is 3.48. The smallest absolute Gasteiger partial charge is 0.237 e. The van der Waals surface area contributed by atoms with Crippen molar-refractivity contribution in [2.24, 2.45) is 11.8 Å². The maximum absolute atomic E-state index is 13.2. The fourth-order valence-corrected chi connectivity index (χ4v) is 7.02. The van der Waals surface area contributed by atoms with E-state index < -0.39 is 15.3 Å². The number of anilines is 1. The number of rotatable bonds is 5. The topological polar surface area (TPSA) is 76.1 Å². The van der Waals surface area contributed by atoms with E-state index in [2.05, 4.69) is 10.3 Å². The van der Waals surface area contributed by atoms with Crippen LogP contribution in [0.25, 0.3) is 0 Å². The van der Waals surface area contributed by atoms with Gasteiger partial charge < -0.3 is 5.32 Å². The van der Waals surface area contributed by atoms with Crippen LogP contribution in [-0.4, -0.2) is 25.6 Å². The van der Waals surface area contributed by atoms with Crippen LogP contribution in [0.5, 0.6) is 0 Å². The highest BCUT2D eigenvalue weighted by atomic mass is 32.2. The number of aromatic nitrogens is 1. The van der Waals surface area contributed by atoms with Crippen LogP contribution in [0.4, 0.5) is 5.13 Å². The van der Waals surface area contributed by atoms with E-state index >= 15 is 0 Å². The Kier molecular flexibility index (Phi) is 4.69. The van der Waals surface area contributed by atoms with Gasteiger partial charge in [0.05, 0.1) is 5.41 Å². The monoisotopic (exact) mass is 410 g/mol. The lowest BCUT2D eigenvalue weighted by Crippen LogP contribution is -2.31. The van der Waals surface area contributed by atoms with Crippen molar-refractivity contribution in [2.75, 3.05) is 11.6 Å². The molecule has 140 valence electrons. The minimum absolute atomic E-state index is 0.0371. The second-order valence-electron chi connectivity index (χ2n) is 7.36. The van der Waals surface area contributed by atoms with Crippen molar-refractivity contribution >= 4 is 43.5 Å². The third-order valence-corrected chi connectivity index (χ3v) is 9.45. The number of thiophene rings is 1. The number of carbonyl (C=O) groups is 1. The standard InChI is InChI=1S/C18H22N2O3S3/c1-26(22,23)15-8-7-14(25-15)18(16(21)20-17-19-9-10-24-17)11-13(18)12-5-3-2-4-6-12/h7-10,12-13H,2-6,11H2,1H3,(H,19,20,21)/t13-,18+/m0/s1. The van der Waals surface area contributed by atoms with Gasteiger partial charge in [0, 0.05) is 22.7 Å². The molecule has 8 heteroatoms. The zero-order valence-electron chi connectivity index (χ0n) is 14.6.